The van der Waals surface area contributed by atoms with Gasteiger partial charge in [0, 0.05) is 17.8 Å². The molecular formula is C8H10NO. The predicted octanol–water partition coefficient (Wildman–Crippen LogP) is 1.62. The Kier molecular flexibility index (Phi) is 2.40. The van der Waals surface area contributed by atoms with E-state index in [0.29, 0.717) is 0 Å². The fourth-order valence-electron chi connectivity index (χ4n) is 0.753. The van der Waals surface area contributed by atoms with Gasteiger partial charge in [-0.25, -0.2) is 5.11 Å². The Morgan fingerprint density at radius 2 is 2.40 bits per heavy atom. The number of hydrogen-bond acceptors (Lipinski definition) is 1. The van der Waals surface area contributed by atoms with Gasteiger partial charge in [-0.05, 0) is 12.1 Å². The van der Waals surface area contributed by atoms with E-state index in [1.165, 1.54) is 0 Å². The van der Waals surface area contributed by atoms with Crippen molar-refractivity contribution >= 4 is 0 Å². The van der Waals surface area contributed by atoms with E-state index in [4.69, 9.17) is 0 Å². The Balaban J connectivity index is 2.75. The van der Waals surface area contributed by atoms with Gasteiger partial charge in [-0.15, -0.1) is 0 Å². The molecule has 1 heterocycles. The van der Waals surface area contributed by atoms with Crippen molar-refractivity contribution in [1.82, 2.24) is 4.98 Å². The summed E-state index contributed by atoms with van der Waals surface area (Å²) in [4.78, 5) is 4.05. The molecule has 2 heteroatoms. The monoisotopic (exact) mass is 136 g/mol. The first-order chi connectivity index (χ1) is 4.84. The van der Waals surface area contributed by atoms with Crippen LogP contribution >= 0.6 is 0 Å². The second-order valence-electron chi connectivity index (χ2n) is 2.32. The highest BCUT2D eigenvalue weighted by Crippen LogP contribution is 2.09. The van der Waals surface area contributed by atoms with Gasteiger partial charge in [-0.3, -0.25) is 4.98 Å². The molecule has 1 atom stereocenters. The van der Waals surface area contributed by atoms with Gasteiger partial charge in [-0.2, -0.15) is 0 Å². The minimum atomic E-state index is -0.0863. The molecule has 1 aromatic rings. The lowest BCUT2D eigenvalue weighted by Crippen LogP contribution is -1.99. The molecule has 1 aromatic heterocycles. The maximum absolute atomic E-state index is 10.4. The van der Waals surface area contributed by atoms with Crippen LogP contribution in [0.5, 0.6) is 0 Å². The molecular weight excluding hydrogens is 126 g/mol. The molecule has 0 amide bonds. The van der Waals surface area contributed by atoms with Crippen molar-refractivity contribution in [3.8, 4) is 0 Å². The maximum Gasteiger partial charge on any atom is 0.0903 e. The van der Waals surface area contributed by atoms with Crippen molar-refractivity contribution in [2.45, 2.75) is 12.8 Å². The van der Waals surface area contributed by atoms with Gasteiger partial charge in [0.1, 0.15) is 0 Å². The van der Waals surface area contributed by atoms with Crippen molar-refractivity contribution in [2.24, 2.45) is 0 Å². The Morgan fingerprint density at radius 1 is 1.60 bits per heavy atom. The largest absolute Gasteiger partial charge is 0.261 e. The van der Waals surface area contributed by atoms with Crippen LogP contribution in [-0.2, 0) is 5.11 Å². The van der Waals surface area contributed by atoms with Gasteiger partial charge in [0.2, 0.25) is 0 Å². The normalized spacial score (nSPS) is 13.0. The number of hydrogen-bond donors (Lipinski definition) is 0. The van der Waals surface area contributed by atoms with Gasteiger partial charge in [0.25, 0.3) is 0 Å². The zero-order chi connectivity index (χ0) is 7.40. The average Bonchev–Trinajstić information content (AvgIpc) is 2.05. The quantitative estimate of drug-likeness (QED) is 0.608. The highest BCUT2D eigenvalue weighted by molar-refractivity contribution is 5.07. The van der Waals surface area contributed by atoms with Gasteiger partial charge in [0.15, 0.2) is 0 Å². The summed E-state index contributed by atoms with van der Waals surface area (Å²) >= 11 is 0. The Morgan fingerprint density at radius 3 is 2.90 bits per heavy atom. The van der Waals surface area contributed by atoms with E-state index in [-0.39, 0.29) is 12.5 Å². The molecule has 0 bridgehead atoms. The zero-order valence-electron chi connectivity index (χ0n) is 5.95. The van der Waals surface area contributed by atoms with Gasteiger partial charge >= 0.3 is 0 Å². The highest BCUT2D eigenvalue weighted by Gasteiger charge is 2.03. The molecule has 0 spiro atoms. The molecule has 0 fully saturated rings. The molecule has 0 aliphatic heterocycles. The minimum absolute atomic E-state index is 0.0428. The molecule has 1 rings (SSSR count). The van der Waals surface area contributed by atoms with Crippen molar-refractivity contribution < 1.29 is 5.11 Å². The minimum Gasteiger partial charge on any atom is -0.261 e. The molecule has 0 N–H and O–H groups in total. The Labute approximate surface area is 60.5 Å². The fraction of sp³-hybridized carbons (Fsp3) is 0.375. The third-order valence-electron chi connectivity index (χ3n) is 1.44. The van der Waals surface area contributed by atoms with Gasteiger partial charge < -0.3 is 0 Å². The first-order valence-corrected chi connectivity index (χ1v) is 3.33. The molecule has 0 aliphatic carbocycles. The van der Waals surface area contributed by atoms with Crippen LogP contribution in [-0.4, -0.2) is 11.6 Å². The fourth-order valence-corrected chi connectivity index (χ4v) is 0.753. The summed E-state index contributed by atoms with van der Waals surface area (Å²) < 4.78 is 0. The molecule has 10 heavy (non-hydrogen) atoms. The van der Waals surface area contributed by atoms with Crippen LogP contribution in [0.1, 0.15) is 18.5 Å². The Bertz CT molecular complexity index is 186. The first-order valence-electron chi connectivity index (χ1n) is 3.33. The van der Waals surface area contributed by atoms with Crippen LogP contribution in [0.2, 0.25) is 0 Å². The predicted molar refractivity (Wildman–Crippen MR) is 38.2 cm³/mol. The van der Waals surface area contributed by atoms with E-state index in [0.717, 1.165) is 5.69 Å². The Hall–Kier alpha value is -0.890. The number of rotatable bonds is 2. The van der Waals surface area contributed by atoms with Crippen molar-refractivity contribution in [2.75, 3.05) is 6.61 Å². The third-order valence-corrected chi connectivity index (χ3v) is 1.44. The number of aromatic nitrogens is 1. The standard InChI is InChI=1S/C8H10NO/c1-7(6-10)8-4-2-3-5-9-8/h2-5,7H,6H2,1H3. The summed E-state index contributed by atoms with van der Waals surface area (Å²) in [7, 11) is 0. The molecule has 0 aromatic carbocycles. The van der Waals surface area contributed by atoms with E-state index in [9.17, 15) is 5.11 Å². The number of nitrogens with zero attached hydrogens (tertiary/aromatic N) is 1. The lowest BCUT2D eigenvalue weighted by Gasteiger charge is -2.03. The summed E-state index contributed by atoms with van der Waals surface area (Å²) in [6.07, 6.45) is 1.71. The average molecular weight is 136 g/mol. The van der Waals surface area contributed by atoms with E-state index < -0.39 is 0 Å². The van der Waals surface area contributed by atoms with Crippen LogP contribution in [0.4, 0.5) is 0 Å². The molecule has 53 valence electrons. The molecule has 0 aliphatic rings. The van der Waals surface area contributed by atoms with Crippen LogP contribution in [0.3, 0.4) is 0 Å². The molecule has 1 radical (unpaired) electrons. The second kappa shape index (κ2) is 3.32. The van der Waals surface area contributed by atoms with Crippen molar-refractivity contribution in [1.29, 1.82) is 0 Å². The summed E-state index contributed by atoms with van der Waals surface area (Å²) in [6, 6.07) is 5.62. The third kappa shape index (κ3) is 1.54. The smallest absolute Gasteiger partial charge is 0.0903 e. The maximum atomic E-state index is 10.4. The SMILES string of the molecule is CC(C[O])c1ccccn1. The van der Waals surface area contributed by atoms with Crippen LogP contribution < -0.4 is 0 Å². The first kappa shape index (κ1) is 7.22. The molecule has 2 nitrogen and oxygen atoms in total. The van der Waals surface area contributed by atoms with Crippen LogP contribution in [0, 0.1) is 0 Å². The summed E-state index contributed by atoms with van der Waals surface area (Å²) in [5.41, 5.74) is 0.887. The second-order valence-corrected chi connectivity index (χ2v) is 2.32. The van der Waals surface area contributed by atoms with E-state index in [2.05, 4.69) is 4.98 Å². The summed E-state index contributed by atoms with van der Waals surface area (Å²) in [5.74, 6) is 0.0428. The highest BCUT2D eigenvalue weighted by atomic mass is 16.3. The molecule has 0 saturated heterocycles. The number of pyridine rings is 1. The van der Waals surface area contributed by atoms with Crippen molar-refractivity contribution in [3.63, 3.8) is 0 Å². The topological polar surface area (TPSA) is 32.8 Å². The summed E-state index contributed by atoms with van der Waals surface area (Å²) in [5, 5.41) is 10.4. The van der Waals surface area contributed by atoms with Crippen LogP contribution in [0.15, 0.2) is 24.4 Å². The molecule has 0 saturated carbocycles. The zero-order valence-corrected chi connectivity index (χ0v) is 5.95. The summed E-state index contributed by atoms with van der Waals surface area (Å²) in [6.45, 7) is 1.80. The van der Waals surface area contributed by atoms with E-state index in [1.807, 2.05) is 25.1 Å². The lowest BCUT2D eigenvalue weighted by atomic mass is 10.1. The van der Waals surface area contributed by atoms with E-state index in [1.54, 1.807) is 6.20 Å². The van der Waals surface area contributed by atoms with Gasteiger partial charge in [0.05, 0.1) is 6.61 Å². The van der Waals surface area contributed by atoms with Crippen molar-refractivity contribution in [3.05, 3.63) is 30.1 Å². The van der Waals surface area contributed by atoms with Gasteiger partial charge in [-0.1, -0.05) is 13.0 Å². The van der Waals surface area contributed by atoms with Crippen LogP contribution in [0.25, 0.3) is 0 Å². The lowest BCUT2D eigenvalue weighted by molar-refractivity contribution is 0.176. The van der Waals surface area contributed by atoms with E-state index >= 15 is 0 Å². The molecule has 1 unspecified atom stereocenters.